The van der Waals surface area contributed by atoms with E-state index in [9.17, 15) is 9.59 Å². The van der Waals surface area contributed by atoms with Crippen molar-refractivity contribution in [1.29, 1.82) is 0 Å². The molecule has 0 unspecified atom stereocenters. The molecule has 4 aromatic carbocycles. The van der Waals surface area contributed by atoms with Crippen LogP contribution in [0.2, 0.25) is 0 Å². The van der Waals surface area contributed by atoms with Gasteiger partial charge in [-0.05, 0) is 112 Å². The fourth-order valence-electron chi connectivity index (χ4n) is 6.17. The molecule has 0 saturated carbocycles. The van der Waals surface area contributed by atoms with Crippen molar-refractivity contribution in [2.24, 2.45) is 10.8 Å². The molecule has 0 radical (unpaired) electrons. The molecule has 0 bridgehead atoms. The van der Waals surface area contributed by atoms with Crippen molar-refractivity contribution >= 4 is 23.2 Å². The average molecular weight is 677 g/mol. The molecule has 0 saturated heterocycles. The molecular weight excluding hydrogens is 620 g/mol. The van der Waals surface area contributed by atoms with Crippen molar-refractivity contribution in [2.75, 3.05) is 36.1 Å². The molecule has 0 aliphatic carbocycles. The Morgan fingerprint density at radius 2 is 0.900 bits per heavy atom. The van der Waals surface area contributed by atoms with Crippen LogP contribution in [0.1, 0.15) is 75.6 Å². The number of ether oxygens (including phenoxy) is 2. The monoisotopic (exact) mass is 676 g/mol. The van der Waals surface area contributed by atoms with E-state index in [1.54, 1.807) is 0 Å². The number of aryl methyl sites for hydroxylation is 4. The van der Waals surface area contributed by atoms with Crippen LogP contribution in [0.25, 0.3) is 0 Å². The van der Waals surface area contributed by atoms with E-state index in [0.717, 1.165) is 58.0 Å². The minimum absolute atomic E-state index is 0.0266. The number of rotatable bonds is 17. The maximum Gasteiger partial charge on any atom is 0.232 e. The Morgan fingerprint density at radius 3 is 1.26 bits per heavy atom. The van der Waals surface area contributed by atoms with Crippen LogP contribution in [0.15, 0.2) is 97.1 Å². The van der Waals surface area contributed by atoms with E-state index >= 15 is 0 Å². The van der Waals surface area contributed by atoms with E-state index in [4.69, 9.17) is 9.47 Å². The van der Waals surface area contributed by atoms with Crippen LogP contribution in [0.3, 0.4) is 0 Å². The largest absolute Gasteiger partial charge is 0.493 e. The molecule has 0 aliphatic rings. The molecule has 2 amide bonds. The Balaban J connectivity index is 1.45. The molecular formula is C44H56N2O4. The maximum atomic E-state index is 14.3. The summed E-state index contributed by atoms with van der Waals surface area (Å²) >= 11 is 0. The Morgan fingerprint density at radius 1 is 0.540 bits per heavy atom. The summed E-state index contributed by atoms with van der Waals surface area (Å²) in [6.45, 7) is 18.0. The second kappa shape index (κ2) is 17.4. The van der Waals surface area contributed by atoms with Crippen LogP contribution in [0.5, 0.6) is 11.5 Å². The second-order valence-corrected chi connectivity index (χ2v) is 14.8. The summed E-state index contributed by atoms with van der Waals surface area (Å²) in [5.74, 6) is 1.84. The Hall–Kier alpha value is -4.58. The van der Waals surface area contributed by atoms with E-state index < -0.39 is 10.8 Å². The molecule has 0 heterocycles. The molecule has 6 nitrogen and oxygen atoms in total. The molecule has 50 heavy (non-hydrogen) atoms. The van der Waals surface area contributed by atoms with Crippen LogP contribution < -0.4 is 19.3 Å². The second-order valence-electron chi connectivity index (χ2n) is 14.8. The third-order valence-corrected chi connectivity index (χ3v) is 9.43. The van der Waals surface area contributed by atoms with Crippen LogP contribution in [0, 0.1) is 38.5 Å². The van der Waals surface area contributed by atoms with Crippen LogP contribution in [0.4, 0.5) is 11.4 Å². The summed E-state index contributed by atoms with van der Waals surface area (Å²) < 4.78 is 12.2. The molecule has 0 spiro atoms. The van der Waals surface area contributed by atoms with Gasteiger partial charge in [0.15, 0.2) is 0 Å². The van der Waals surface area contributed by atoms with Crippen LogP contribution >= 0.6 is 0 Å². The van der Waals surface area contributed by atoms with Gasteiger partial charge in [-0.2, -0.15) is 0 Å². The molecule has 266 valence electrons. The Labute approximate surface area is 300 Å². The number of amides is 2. The number of hydrogen-bond acceptors (Lipinski definition) is 4. The van der Waals surface area contributed by atoms with Crippen LogP contribution in [-0.2, 0) is 9.59 Å². The number of hydrogen-bond donors (Lipinski definition) is 0. The molecule has 0 atom stereocenters. The van der Waals surface area contributed by atoms with Gasteiger partial charge in [0.2, 0.25) is 11.8 Å². The van der Waals surface area contributed by atoms with Crippen LogP contribution in [-0.4, -0.2) is 38.1 Å². The normalized spacial score (nSPS) is 11.6. The van der Waals surface area contributed by atoms with Crippen molar-refractivity contribution < 1.29 is 19.1 Å². The third-order valence-electron chi connectivity index (χ3n) is 9.43. The fourth-order valence-corrected chi connectivity index (χ4v) is 6.17. The number of anilines is 2. The standard InChI is InChI=1S/C44H56N2O4/c1-33-21-23-35(3)39(31-33)49-29-15-25-43(5,6)41(47)45(37-17-11-9-12-18-37)27-28-46(38-19-13-10-14-20-38)42(48)44(7,8)26-16-30-50-40-32-34(2)22-24-36(40)4/h9-14,17-24,31-32H,15-16,25-30H2,1-8H3. The van der Waals surface area contributed by atoms with E-state index in [-0.39, 0.29) is 11.8 Å². The molecule has 0 aromatic heterocycles. The zero-order valence-electron chi connectivity index (χ0n) is 31.4. The number of carbonyl (C=O) groups is 2. The van der Waals surface area contributed by atoms with Gasteiger partial charge in [-0.15, -0.1) is 0 Å². The highest BCUT2D eigenvalue weighted by Crippen LogP contribution is 2.32. The number of nitrogens with zero attached hydrogens (tertiary/aromatic N) is 2. The Kier molecular flexibility index (Phi) is 13.3. The summed E-state index contributed by atoms with van der Waals surface area (Å²) in [7, 11) is 0. The fraction of sp³-hybridized carbons (Fsp3) is 0.409. The minimum atomic E-state index is -0.642. The van der Waals surface area contributed by atoms with Crippen molar-refractivity contribution in [2.45, 2.75) is 81.1 Å². The average Bonchev–Trinajstić information content (AvgIpc) is 3.10. The summed E-state index contributed by atoms with van der Waals surface area (Å²) in [5.41, 5.74) is 4.89. The Bertz CT molecular complexity index is 1570. The smallest absolute Gasteiger partial charge is 0.232 e. The molecule has 0 fully saturated rings. The van der Waals surface area contributed by atoms with Gasteiger partial charge in [-0.1, -0.05) is 88.4 Å². The zero-order chi connectivity index (χ0) is 36.3. The first-order valence-electron chi connectivity index (χ1n) is 17.9. The molecule has 0 aliphatic heterocycles. The summed E-state index contributed by atoms with van der Waals surface area (Å²) in [6.07, 6.45) is 2.81. The minimum Gasteiger partial charge on any atom is -0.493 e. The topological polar surface area (TPSA) is 59.1 Å². The molecule has 4 aromatic rings. The quantitative estimate of drug-likeness (QED) is 0.105. The summed E-state index contributed by atoms with van der Waals surface area (Å²) in [5, 5.41) is 0. The number of para-hydroxylation sites is 2. The van der Waals surface area contributed by atoms with Crippen molar-refractivity contribution in [1.82, 2.24) is 0 Å². The predicted octanol–water partition coefficient (Wildman–Crippen LogP) is 10.1. The highest BCUT2D eigenvalue weighted by molar-refractivity contribution is 5.99. The lowest BCUT2D eigenvalue weighted by molar-refractivity contribution is -0.128. The van der Waals surface area contributed by atoms with Gasteiger partial charge in [0.05, 0.1) is 13.2 Å². The van der Waals surface area contributed by atoms with E-state index in [1.165, 1.54) is 0 Å². The SMILES string of the molecule is Cc1ccc(C)c(OCCCC(C)(C)C(=O)N(CCN(C(=O)C(C)(C)CCCOc2cc(C)ccc2C)c2ccccc2)c2ccccc2)c1. The number of carbonyl (C=O) groups excluding carboxylic acids is 2. The first-order valence-corrected chi connectivity index (χ1v) is 17.9. The lowest BCUT2D eigenvalue weighted by atomic mass is 9.85. The summed E-state index contributed by atoms with van der Waals surface area (Å²) in [4.78, 5) is 32.4. The molecule has 6 heteroatoms. The highest BCUT2D eigenvalue weighted by atomic mass is 16.5. The number of benzene rings is 4. The lowest BCUT2D eigenvalue weighted by Crippen LogP contribution is -2.48. The summed E-state index contributed by atoms with van der Waals surface area (Å²) in [6, 6.07) is 32.0. The van der Waals surface area contributed by atoms with Gasteiger partial charge in [0.1, 0.15) is 11.5 Å². The van der Waals surface area contributed by atoms with Gasteiger partial charge < -0.3 is 19.3 Å². The van der Waals surface area contributed by atoms with Gasteiger partial charge in [0, 0.05) is 35.3 Å². The first-order chi connectivity index (χ1) is 23.8. The maximum absolute atomic E-state index is 14.3. The highest BCUT2D eigenvalue weighted by Gasteiger charge is 2.35. The van der Waals surface area contributed by atoms with E-state index in [1.807, 2.05) is 112 Å². The van der Waals surface area contributed by atoms with E-state index in [0.29, 0.717) is 39.1 Å². The van der Waals surface area contributed by atoms with Gasteiger partial charge in [-0.3, -0.25) is 9.59 Å². The lowest BCUT2D eigenvalue weighted by Gasteiger charge is -2.36. The third kappa shape index (κ3) is 10.5. The van der Waals surface area contributed by atoms with Gasteiger partial charge >= 0.3 is 0 Å². The zero-order valence-corrected chi connectivity index (χ0v) is 31.4. The van der Waals surface area contributed by atoms with Crippen molar-refractivity contribution in [3.05, 3.63) is 119 Å². The van der Waals surface area contributed by atoms with Crippen molar-refractivity contribution in [3.63, 3.8) is 0 Å². The molecule has 0 N–H and O–H groups in total. The first kappa shape index (κ1) is 38.2. The van der Waals surface area contributed by atoms with Gasteiger partial charge in [0.25, 0.3) is 0 Å². The predicted molar refractivity (Wildman–Crippen MR) is 206 cm³/mol. The molecule has 4 rings (SSSR count). The van der Waals surface area contributed by atoms with Gasteiger partial charge in [-0.25, -0.2) is 0 Å². The van der Waals surface area contributed by atoms with E-state index in [2.05, 4.69) is 50.2 Å². The van der Waals surface area contributed by atoms with Crippen molar-refractivity contribution in [3.8, 4) is 11.5 Å².